The highest BCUT2D eigenvalue weighted by atomic mass is 16.1. The third-order valence-corrected chi connectivity index (χ3v) is 3.23. The van der Waals surface area contributed by atoms with Crippen LogP contribution < -0.4 is 5.32 Å². The molecule has 7 heteroatoms. The van der Waals surface area contributed by atoms with E-state index in [1.807, 2.05) is 29.8 Å². The molecule has 7 nitrogen and oxygen atoms in total. The molecule has 1 atom stereocenters. The van der Waals surface area contributed by atoms with Crippen molar-refractivity contribution in [1.29, 1.82) is 0 Å². The smallest absolute Gasteiger partial charge is 0.251 e. The molecule has 2 aromatic heterocycles. The Bertz CT molecular complexity index is 718. The molecule has 1 amide bonds. The average Bonchev–Trinajstić information content (AvgIpc) is 3.20. The van der Waals surface area contributed by atoms with Crippen molar-refractivity contribution in [1.82, 2.24) is 29.6 Å². The zero-order chi connectivity index (χ0) is 15.4. The third-order valence-electron chi connectivity index (χ3n) is 3.23. The van der Waals surface area contributed by atoms with Crippen LogP contribution >= 0.6 is 0 Å². The van der Waals surface area contributed by atoms with Crippen LogP contribution in [0.2, 0.25) is 0 Å². The first-order valence-electron chi connectivity index (χ1n) is 6.94. The minimum absolute atomic E-state index is 0.0108. The first kappa shape index (κ1) is 14.0. The van der Waals surface area contributed by atoms with Crippen LogP contribution in [0, 0.1) is 0 Å². The minimum Gasteiger partial charge on any atom is -0.348 e. The van der Waals surface area contributed by atoms with E-state index in [1.54, 1.807) is 35.7 Å². The van der Waals surface area contributed by atoms with Gasteiger partial charge in [-0.05, 0) is 31.2 Å². The standard InChI is InChI=1S/C15H16N6O/c1-12(8-20-7-6-16-10-20)19-15(22)13-2-4-14(5-3-13)21-11-17-9-18-21/h2-7,9-12H,8H2,1H3,(H,19,22)/t12-/m0/s1. The van der Waals surface area contributed by atoms with Crippen molar-refractivity contribution in [3.05, 3.63) is 61.2 Å². The van der Waals surface area contributed by atoms with Crippen LogP contribution in [-0.4, -0.2) is 36.3 Å². The van der Waals surface area contributed by atoms with Crippen molar-refractivity contribution in [3.63, 3.8) is 0 Å². The van der Waals surface area contributed by atoms with Gasteiger partial charge in [0.05, 0.1) is 12.0 Å². The second-order valence-electron chi connectivity index (χ2n) is 5.02. The number of carbonyl (C=O) groups excluding carboxylic acids is 1. The van der Waals surface area contributed by atoms with Crippen molar-refractivity contribution in [2.75, 3.05) is 0 Å². The fourth-order valence-electron chi connectivity index (χ4n) is 2.17. The zero-order valence-electron chi connectivity index (χ0n) is 12.1. The van der Waals surface area contributed by atoms with Gasteiger partial charge in [0.15, 0.2) is 0 Å². The lowest BCUT2D eigenvalue weighted by Crippen LogP contribution is -2.35. The van der Waals surface area contributed by atoms with Crippen molar-refractivity contribution in [2.24, 2.45) is 0 Å². The van der Waals surface area contributed by atoms with Gasteiger partial charge in [-0.2, -0.15) is 5.10 Å². The lowest BCUT2D eigenvalue weighted by atomic mass is 10.2. The highest BCUT2D eigenvalue weighted by Crippen LogP contribution is 2.08. The second kappa shape index (κ2) is 6.21. The molecule has 0 unspecified atom stereocenters. The number of aromatic nitrogens is 5. The second-order valence-corrected chi connectivity index (χ2v) is 5.02. The molecule has 0 aliphatic heterocycles. The molecule has 0 spiro atoms. The molecule has 3 rings (SSSR count). The van der Waals surface area contributed by atoms with Gasteiger partial charge in [-0.25, -0.2) is 14.6 Å². The summed E-state index contributed by atoms with van der Waals surface area (Å²) < 4.78 is 3.57. The van der Waals surface area contributed by atoms with Crippen molar-refractivity contribution < 1.29 is 4.79 Å². The lowest BCUT2D eigenvalue weighted by molar-refractivity contribution is 0.0936. The Morgan fingerprint density at radius 2 is 2.05 bits per heavy atom. The van der Waals surface area contributed by atoms with E-state index < -0.39 is 0 Å². The van der Waals surface area contributed by atoms with Crippen LogP contribution in [0.5, 0.6) is 0 Å². The number of imidazole rings is 1. The molecule has 2 heterocycles. The fraction of sp³-hybridized carbons (Fsp3) is 0.200. The predicted octanol–water partition coefficient (Wildman–Crippen LogP) is 1.28. The SMILES string of the molecule is C[C@@H](Cn1ccnc1)NC(=O)c1ccc(-n2cncn2)cc1. The summed E-state index contributed by atoms with van der Waals surface area (Å²) >= 11 is 0. The number of nitrogens with one attached hydrogen (secondary N) is 1. The topological polar surface area (TPSA) is 77.6 Å². The van der Waals surface area contributed by atoms with Gasteiger partial charge in [-0.3, -0.25) is 4.79 Å². The fourth-order valence-corrected chi connectivity index (χ4v) is 2.17. The first-order valence-corrected chi connectivity index (χ1v) is 6.94. The Hall–Kier alpha value is -2.96. The van der Waals surface area contributed by atoms with Crippen LogP contribution in [0.25, 0.3) is 5.69 Å². The maximum atomic E-state index is 12.2. The molecule has 1 N–H and O–H groups in total. The van der Waals surface area contributed by atoms with Crippen LogP contribution in [-0.2, 0) is 6.54 Å². The van der Waals surface area contributed by atoms with E-state index in [2.05, 4.69) is 20.4 Å². The lowest BCUT2D eigenvalue weighted by Gasteiger charge is -2.14. The van der Waals surface area contributed by atoms with Gasteiger partial charge in [-0.1, -0.05) is 0 Å². The Morgan fingerprint density at radius 3 is 2.68 bits per heavy atom. The maximum absolute atomic E-state index is 12.2. The van der Waals surface area contributed by atoms with E-state index >= 15 is 0 Å². The van der Waals surface area contributed by atoms with Crippen molar-refractivity contribution >= 4 is 5.91 Å². The molecule has 0 aliphatic rings. The van der Waals surface area contributed by atoms with Gasteiger partial charge in [0.25, 0.3) is 5.91 Å². The number of benzene rings is 1. The largest absolute Gasteiger partial charge is 0.348 e. The normalized spacial score (nSPS) is 12.0. The summed E-state index contributed by atoms with van der Waals surface area (Å²) in [5, 5.41) is 7.01. The third kappa shape index (κ3) is 3.20. The molecule has 0 fully saturated rings. The molecule has 0 bridgehead atoms. The van der Waals surface area contributed by atoms with E-state index in [-0.39, 0.29) is 11.9 Å². The summed E-state index contributed by atoms with van der Waals surface area (Å²) in [6, 6.07) is 7.23. The van der Waals surface area contributed by atoms with Crippen LogP contribution in [0.4, 0.5) is 0 Å². The molecule has 22 heavy (non-hydrogen) atoms. The molecule has 0 aliphatic carbocycles. The number of hydrogen-bond acceptors (Lipinski definition) is 4. The highest BCUT2D eigenvalue weighted by Gasteiger charge is 2.10. The number of carbonyl (C=O) groups is 1. The van der Waals surface area contributed by atoms with Gasteiger partial charge in [-0.15, -0.1) is 0 Å². The van der Waals surface area contributed by atoms with E-state index in [9.17, 15) is 4.79 Å². The molecular weight excluding hydrogens is 280 g/mol. The number of hydrogen-bond donors (Lipinski definition) is 1. The van der Waals surface area contributed by atoms with Crippen molar-refractivity contribution in [2.45, 2.75) is 19.5 Å². The summed E-state index contributed by atoms with van der Waals surface area (Å²) in [5.41, 5.74) is 1.47. The molecule has 112 valence electrons. The quantitative estimate of drug-likeness (QED) is 0.769. The van der Waals surface area contributed by atoms with Crippen LogP contribution in [0.1, 0.15) is 17.3 Å². The maximum Gasteiger partial charge on any atom is 0.251 e. The van der Waals surface area contributed by atoms with Gasteiger partial charge in [0, 0.05) is 30.5 Å². The highest BCUT2D eigenvalue weighted by molar-refractivity contribution is 5.94. The Labute approximate surface area is 127 Å². The zero-order valence-corrected chi connectivity index (χ0v) is 12.1. The van der Waals surface area contributed by atoms with Crippen LogP contribution in [0.15, 0.2) is 55.6 Å². The van der Waals surface area contributed by atoms with E-state index in [1.165, 1.54) is 6.33 Å². The van der Waals surface area contributed by atoms with E-state index in [4.69, 9.17) is 0 Å². The van der Waals surface area contributed by atoms with Gasteiger partial charge < -0.3 is 9.88 Å². The number of nitrogens with zero attached hydrogens (tertiary/aromatic N) is 5. The summed E-state index contributed by atoms with van der Waals surface area (Å²) in [4.78, 5) is 20.1. The summed E-state index contributed by atoms with van der Waals surface area (Å²) in [5.74, 6) is -0.0993. The molecular formula is C15H16N6O. The Kier molecular flexibility index (Phi) is 3.95. The molecule has 3 aromatic rings. The first-order chi connectivity index (χ1) is 10.7. The minimum atomic E-state index is -0.0993. The average molecular weight is 296 g/mol. The Morgan fingerprint density at radius 1 is 1.23 bits per heavy atom. The summed E-state index contributed by atoms with van der Waals surface area (Å²) in [6.07, 6.45) is 8.41. The van der Waals surface area contributed by atoms with E-state index in [0.717, 1.165) is 5.69 Å². The van der Waals surface area contributed by atoms with Gasteiger partial charge in [0.1, 0.15) is 12.7 Å². The number of rotatable bonds is 5. The molecule has 0 saturated heterocycles. The van der Waals surface area contributed by atoms with E-state index in [0.29, 0.717) is 12.1 Å². The molecule has 0 radical (unpaired) electrons. The summed E-state index contributed by atoms with van der Waals surface area (Å²) in [7, 11) is 0. The van der Waals surface area contributed by atoms with Gasteiger partial charge in [0.2, 0.25) is 0 Å². The number of amides is 1. The van der Waals surface area contributed by atoms with Gasteiger partial charge >= 0.3 is 0 Å². The predicted molar refractivity (Wildman–Crippen MR) is 80.5 cm³/mol. The molecule has 1 aromatic carbocycles. The summed E-state index contributed by atoms with van der Waals surface area (Å²) in [6.45, 7) is 2.64. The monoisotopic (exact) mass is 296 g/mol. The van der Waals surface area contributed by atoms with Crippen LogP contribution in [0.3, 0.4) is 0 Å². The Balaban J connectivity index is 1.62. The van der Waals surface area contributed by atoms with Crippen molar-refractivity contribution in [3.8, 4) is 5.69 Å². The molecule has 0 saturated carbocycles.